The molecular formula is C15H28N2O3. The van der Waals surface area contributed by atoms with Crippen LogP contribution in [0.3, 0.4) is 0 Å². The number of hydrogen-bond acceptors (Lipinski definition) is 4. The van der Waals surface area contributed by atoms with Gasteiger partial charge in [0.1, 0.15) is 5.60 Å². The van der Waals surface area contributed by atoms with Crippen molar-refractivity contribution < 1.29 is 14.4 Å². The normalized spacial score (nSPS) is 24.0. The first-order valence-electron chi connectivity index (χ1n) is 7.65. The molecule has 2 saturated carbocycles. The molecule has 0 bridgehead atoms. The van der Waals surface area contributed by atoms with Crippen molar-refractivity contribution in [3.8, 4) is 0 Å². The Bertz CT molecular complexity index is 353. The van der Waals surface area contributed by atoms with Gasteiger partial charge in [-0.2, -0.15) is 0 Å². The van der Waals surface area contributed by atoms with Crippen molar-refractivity contribution in [3.05, 3.63) is 0 Å². The summed E-state index contributed by atoms with van der Waals surface area (Å²) in [6.45, 7) is 6.17. The van der Waals surface area contributed by atoms with Crippen LogP contribution in [0, 0.1) is 5.41 Å². The highest BCUT2D eigenvalue weighted by Gasteiger charge is 2.60. The lowest BCUT2D eigenvalue weighted by molar-refractivity contribution is 0.00485. The second kappa shape index (κ2) is 5.53. The largest absolute Gasteiger partial charge is 0.444 e. The van der Waals surface area contributed by atoms with Gasteiger partial charge in [0.2, 0.25) is 0 Å². The van der Waals surface area contributed by atoms with Crippen LogP contribution >= 0.6 is 0 Å². The van der Waals surface area contributed by atoms with Crippen LogP contribution < -0.4 is 11.2 Å². The molecule has 2 rings (SSSR count). The van der Waals surface area contributed by atoms with Gasteiger partial charge in [0.15, 0.2) is 0 Å². The molecule has 0 aromatic carbocycles. The predicted octanol–water partition coefficient (Wildman–Crippen LogP) is 2.88. The molecule has 0 saturated heterocycles. The first-order chi connectivity index (χ1) is 9.33. The molecule has 0 heterocycles. The van der Waals surface area contributed by atoms with Gasteiger partial charge < -0.3 is 14.9 Å². The van der Waals surface area contributed by atoms with Crippen LogP contribution in [-0.2, 0) is 9.57 Å². The molecule has 1 amide bonds. The Morgan fingerprint density at radius 2 is 1.75 bits per heavy atom. The monoisotopic (exact) mass is 284 g/mol. The van der Waals surface area contributed by atoms with Crippen LogP contribution in [0.25, 0.3) is 0 Å². The van der Waals surface area contributed by atoms with E-state index < -0.39 is 5.60 Å². The Hall–Kier alpha value is -0.810. The van der Waals surface area contributed by atoms with Crippen molar-refractivity contribution in [3.63, 3.8) is 0 Å². The maximum Gasteiger partial charge on any atom is 0.408 e. The highest BCUT2D eigenvalue weighted by Crippen LogP contribution is 2.58. The zero-order chi connectivity index (χ0) is 14.9. The van der Waals surface area contributed by atoms with Crippen molar-refractivity contribution in [2.24, 2.45) is 11.3 Å². The maximum atomic E-state index is 12.2. The van der Waals surface area contributed by atoms with Crippen LogP contribution in [0.4, 0.5) is 4.79 Å². The van der Waals surface area contributed by atoms with Gasteiger partial charge in [-0.1, -0.05) is 19.3 Å². The van der Waals surface area contributed by atoms with Gasteiger partial charge in [0.05, 0.1) is 12.1 Å². The first kappa shape index (κ1) is 15.6. The third kappa shape index (κ3) is 3.26. The fourth-order valence-electron chi connectivity index (χ4n) is 3.51. The van der Waals surface area contributed by atoms with E-state index in [0.29, 0.717) is 6.61 Å². The van der Waals surface area contributed by atoms with Crippen molar-refractivity contribution in [1.82, 2.24) is 5.32 Å². The molecule has 0 spiro atoms. The summed E-state index contributed by atoms with van der Waals surface area (Å²) in [6, 6.07) is 0. The summed E-state index contributed by atoms with van der Waals surface area (Å²) in [4.78, 5) is 17.1. The summed E-state index contributed by atoms with van der Waals surface area (Å²) in [5.41, 5.74) is -0.660. The first-order valence-corrected chi connectivity index (χ1v) is 7.65. The number of alkyl carbamates (subject to hydrolysis) is 1. The number of nitrogens with one attached hydrogen (secondary N) is 1. The molecule has 0 aromatic rings. The Labute approximate surface area is 121 Å². The molecule has 2 aliphatic rings. The number of amides is 1. The third-order valence-electron chi connectivity index (χ3n) is 4.68. The maximum absolute atomic E-state index is 12.2. The lowest BCUT2D eigenvalue weighted by Crippen LogP contribution is -2.58. The van der Waals surface area contributed by atoms with Crippen LogP contribution in [0.5, 0.6) is 0 Å². The van der Waals surface area contributed by atoms with Gasteiger partial charge in [-0.3, -0.25) is 0 Å². The predicted molar refractivity (Wildman–Crippen MR) is 77.0 cm³/mol. The van der Waals surface area contributed by atoms with Crippen LogP contribution in [0.2, 0.25) is 0 Å². The minimum Gasteiger partial charge on any atom is -0.444 e. The topological polar surface area (TPSA) is 73.6 Å². The van der Waals surface area contributed by atoms with E-state index in [1.807, 2.05) is 20.8 Å². The summed E-state index contributed by atoms with van der Waals surface area (Å²) in [5.74, 6) is 5.31. The number of carbonyl (C=O) groups is 1. The summed E-state index contributed by atoms with van der Waals surface area (Å²) in [6.07, 6.45) is 7.33. The molecule has 0 atom stereocenters. The molecular weight excluding hydrogens is 256 g/mol. The summed E-state index contributed by atoms with van der Waals surface area (Å²) in [5, 5.41) is 3.18. The Morgan fingerprint density at radius 1 is 1.15 bits per heavy atom. The molecule has 0 aromatic heterocycles. The standard InChI is InChI=1S/C15H28N2O3/c1-13(2,3)20-12(18)17-15(7-5-4-6-8-15)14(9-10-14)11-19-16/h4-11,16H2,1-3H3,(H,17,18). The number of carbonyl (C=O) groups excluding carboxylic acids is 1. The van der Waals surface area contributed by atoms with Crippen LogP contribution in [0.15, 0.2) is 0 Å². The van der Waals surface area contributed by atoms with Crippen molar-refractivity contribution in [1.29, 1.82) is 0 Å². The number of rotatable bonds is 4. The van der Waals surface area contributed by atoms with Crippen LogP contribution in [0.1, 0.15) is 65.7 Å². The van der Waals surface area contributed by atoms with E-state index in [0.717, 1.165) is 38.5 Å². The SMILES string of the molecule is CC(C)(C)OC(=O)NC1(C2(CON)CC2)CCCCC1. The molecule has 0 aliphatic heterocycles. The summed E-state index contributed by atoms with van der Waals surface area (Å²) < 4.78 is 5.44. The van der Waals surface area contributed by atoms with E-state index in [-0.39, 0.29) is 17.0 Å². The Morgan fingerprint density at radius 3 is 2.20 bits per heavy atom. The zero-order valence-corrected chi connectivity index (χ0v) is 13.0. The Balaban J connectivity index is 2.10. The Kier molecular flexibility index (Phi) is 4.30. The smallest absolute Gasteiger partial charge is 0.408 e. The van der Waals surface area contributed by atoms with Gasteiger partial charge in [-0.25, -0.2) is 10.7 Å². The molecule has 0 unspecified atom stereocenters. The lowest BCUT2D eigenvalue weighted by atomic mass is 9.70. The minimum atomic E-state index is -0.471. The quantitative estimate of drug-likeness (QED) is 0.778. The molecule has 20 heavy (non-hydrogen) atoms. The van der Waals surface area contributed by atoms with Crippen molar-refractivity contribution >= 4 is 6.09 Å². The van der Waals surface area contributed by atoms with E-state index in [9.17, 15) is 4.79 Å². The van der Waals surface area contributed by atoms with E-state index in [1.54, 1.807) is 0 Å². The second-order valence-electron chi connectivity index (χ2n) is 7.36. The van der Waals surface area contributed by atoms with E-state index in [4.69, 9.17) is 15.5 Å². The van der Waals surface area contributed by atoms with Gasteiger partial charge in [-0.15, -0.1) is 0 Å². The third-order valence-corrected chi connectivity index (χ3v) is 4.68. The van der Waals surface area contributed by atoms with Crippen molar-refractivity contribution in [2.75, 3.05) is 6.61 Å². The summed E-state index contributed by atoms with van der Waals surface area (Å²) in [7, 11) is 0. The van der Waals surface area contributed by atoms with Gasteiger partial charge >= 0.3 is 6.09 Å². The van der Waals surface area contributed by atoms with Gasteiger partial charge in [0, 0.05) is 5.41 Å². The molecule has 2 fully saturated rings. The van der Waals surface area contributed by atoms with Crippen LogP contribution in [-0.4, -0.2) is 23.8 Å². The highest BCUT2D eigenvalue weighted by molar-refractivity contribution is 5.69. The molecule has 0 radical (unpaired) electrons. The number of nitrogens with two attached hydrogens (primary N) is 1. The summed E-state index contributed by atoms with van der Waals surface area (Å²) >= 11 is 0. The van der Waals surface area contributed by atoms with Gasteiger partial charge in [0.25, 0.3) is 0 Å². The lowest BCUT2D eigenvalue weighted by Gasteiger charge is -2.44. The fraction of sp³-hybridized carbons (Fsp3) is 0.933. The van der Waals surface area contributed by atoms with E-state index in [1.165, 1.54) is 6.42 Å². The van der Waals surface area contributed by atoms with E-state index >= 15 is 0 Å². The minimum absolute atomic E-state index is 0.0130. The highest BCUT2D eigenvalue weighted by atomic mass is 16.6. The molecule has 2 aliphatic carbocycles. The molecule has 5 nitrogen and oxygen atoms in total. The fourth-order valence-corrected chi connectivity index (χ4v) is 3.51. The molecule has 5 heteroatoms. The number of ether oxygens (including phenoxy) is 1. The van der Waals surface area contributed by atoms with Gasteiger partial charge in [-0.05, 0) is 46.5 Å². The average Bonchev–Trinajstić information content (AvgIpc) is 3.09. The zero-order valence-electron chi connectivity index (χ0n) is 13.0. The van der Waals surface area contributed by atoms with Crippen molar-refractivity contribution in [2.45, 2.75) is 76.9 Å². The molecule has 116 valence electrons. The molecule has 3 N–H and O–H groups in total. The van der Waals surface area contributed by atoms with E-state index in [2.05, 4.69) is 5.32 Å². The average molecular weight is 284 g/mol. The number of hydrogen-bond donors (Lipinski definition) is 2. The second-order valence-corrected chi connectivity index (χ2v) is 7.36.